The third-order valence-corrected chi connectivity index (χ3v) is 3.97. The van der Waals surface area contributed by atoms with E-state index in [-0.39, 0.29) is 17.4 Å². The van der Waals surface area contributed by atoms with Gasteiger partial charge in [-0.25, -0.2) is 4.39 Å². The molecule has 5 heteroatoms. The third-order valence-electron chi connectivity index (χ3n) is 3.97. The normalized spacial score (nSPS) is 25.6. The first-order chi connectivity index (χ1) is 8.80. The smallest absolute Gasteiger partial charge is 0.388 e. The van der Waals surface area contributed by atoms with Crippen molar-refractivity contribution in [1.82, 2.24) is 0 Å². The van der Waals surface area contributed by atoms with Crippen molar-refractivity contribution in [1.29, 1.82) is 0 Å². The highest BCUT2D eigenvalue weighted by Gasteiger charge is 2.36. The van der Waals surface area contributed by atoms with Gasteiger partial charge in [0.05, 0.1) is 11.7 Å². The van der Waals surface area contributed by atoms with Gasteiger partial charge in [0.15, 0.2) is 0 Å². The van der Waals surface area contributed by atoms with Gasteiger partial charge in [-0.3, -0.25) is 0 Å². The molecule has 2 rings (SSSR count). The number of hydrogen-bond acceptors (Lipinski definition) is 1. The monoisotopic (exact) mass is 276 g/mol. The van der Waals surface area contributed by atoms with Crippen LogP contribution >= 0.6 is 0 Å². The molecule has 0 aromatic heterocycles. The van der Waals surface area contributed by atoms with Crippen LogP contribution in [0.1, 0.15) is 43.4 Å². The molecule has 3 atom stereocenters. The van der Waals surface area contributed by atoms with Crippen molar-refractivity contribution >= 4 is 0 Å². The lowest BCUT2D eigenvalue weighted by atomic mass is 9.87. The van der Waals surface area contributed by atoms with Gasteiger partial charge in [0.1, 0.15) is 5.82 Å². The van der Waals surface area contributed by atoms with Crippen LogP contribution in [0.2, 0.25) is 0 Å². The molecule has 1 N–H and O–H groups in total. The summed E-state index contributed by atoms with van der Waals surface area (Å²) >= 11 is 0. The largest absolute Gasteiger partial charge is 0.419 e. The molecule has 0 heterocycles. The first-order valence-corrected chi connectivity index (χ1v) is 6.35. The molecule has 0 bridgehead atoms. The molecule has 0 radical (unpaired) electrons. The second kappa shape index (κ2) is 5.12. The number of alkyl halides is 3. The van der Waals surface area contributed by atoms with Crippen LogP contribution in [0.25, 0.3) is 0 Å². The molecule has 0 saturated heterocycles. The zero-order chi connectivity index (χ0) is 14.2. The Kier molecular flexibility index (Phi) is 3.85. The average Bonchev–Trinajstić information content (AvgIpc) is 2.73. The Morgan fingerprint density at radius 1 is 1.26 bits per heavy atom. The minimum Gasteiger partial charge on any atom is -0.388 e. The Morgan fingerprint density at radius 2 is 1.95 bits per heavy atom. The van der Waals surface area contributed by atoms with E-state index in [0.717, 1.165) is 31.4 Å². The highest BCUT2D eigenvalue weighted by molar-refractivity contribution is 5.29. The molecule has 19 heavy (non-hydrogen) atoms. The average molecular weight is 276 g/mol. The quantitative estimate of drug-likeness (QED) is 0.798. The van der Waals surface area contributed by atoms with E-state index in [1.807, 2.05) is 6.92 Å². The minimum atomic E-state index is -4.74. The van der Waals surface area contributed by atoms with Gasteiger partial charge < -0.3 is 5.11 Å². The van der Waals surface area contributed by atoms with E-state index in [1.165, 1.54) is 6.07 Å². The Balaban J connectivity index is 2.30. The Bertz CT molecular complexity index is 455. The van der Waals surface area contributed by atoms with Gasteiger partial charge in [0.25, 0.3) is 0 Å². The summed E-state index contributed by atoms with van der Waals surface area (Å²) in [5.74, 6) is -1.08. The second-order valence-electron chi connectivity index (χ2n) is 5.25. The van der Waals surface area contributed by atoms with Crippen LogP contribution in [0, 0.1) is 17.7 Å². The van der Waals surface area contributed by atoms with Crippen LogP contribution in [0.3, 0.4) is 0 Å². The number of halogens is 4. The van der Waals surface area contributed by atoms with Crippen LogP contribution in [-0.2, 0) is 6.18 Å². The summed E-state index contributed by atoms with van der Waals surface area (Å²) in [6.45, 7) is 1.98. The molecule has 0 spiro atoms. The van der Waals surface area contributed by atoms with Gasteiger partial charge in [-0.05, 0) is 36.0 Å². The zero-order valence-electron chi connectivity index (χ0n) is 10.5. The van der Waals surface area contributed by atoms with Crippen LogP contribution < -0.4 is 0 Å². The molecule has 0 amide bonds. The van der Waals surface area contributed by atoms with Gasteiger partial charge >= 0.3 is 6.18 Å². The summed E-state index contributed by atoms with van der Waals surface area (Å²) in [4.78, 5) is 0. The van der Waals surface area contributed by atoms with E-state index in [2.05, 4.69) is 0 Å². The maximum Gasteiger partial charge on any atom is 0.419 e. The molecule has 1 fully saturated rings. The maximum absolute atomic E-state index is 13.2. The number of benzene rings is 1. The van der Waals surface area contributed by atoms with Crippen LogP contribution in [0.5, 0.6) is 0 Å². The number of rotatable bonds is 2. The first kappa shape index (κ1) is 14.3. The van der Waals surface area contributed by atoms with Gasteiger partial charge in [-0.15, -0.1) is 0 Å². The zero-order valence-corrected chi connectivity index (χ0v) is 10.5. The molecule has 1 nitrogen and oxygen atoms in total. The molecule has 1 aliphatic rings. The molecule has 1 saturated carbocycles. The minimum absolute atomic E-state index is 0.0495. The van der Waals surface area contributed by atoms with E-state index in [1.54, 1.807) is 0 Å². The molecular weight excluding hydrogens is 260 g/mol. The highest BCUT2D eigenvalue weighted by atomic mass is 19.4. The first-order valence-electron chi connectivity index (χ1n) is 6.35. The van der Waals surface area contributed by atoms with Gasteiger partial charge in [0, 0.05) is 0 Å². The summed E-state index contributed by atoms with van der Waals surface area (Å²) in [5.41, 5.74) is -1.16. The summed E-state index contributed by atoms with van der Waals surface area (Å²) in [5, 5.41) is 10.2. The van der Waals surface area contributed by atoms with E-state index >= 15 is 0 Å². The summed E-state index contributed by atoms with van der Waals surface area (Å²) < 4.78 is 51.1. The molecule has 3 unspecified atom stereocenters. The third kappa shape index (κ3) is 2.91. The van der Waals surface area contributed by atoms with Crippen molar-refractivity contribution < 1.29 is 22.7 Å². The molecule has 1 aromatic carbocycles. The van der Waals surface area contributed by atoms with Crippen LogP contribution in [0.4, 0.5) is 17.6 Å². The topological polar surface area (TPSA) is 20.2 Å². The molecule has 106 valence electrons. The fourth-order valence-corrected chi connectivity index (χ4v) is 2.83. The second-order valence-corrected chi connectivity index (χ2v) is 5.25. The number of aliphatic hydroxyl groups excluding tert-OH is 1. The summed E-state index contributed by atoms with van der Waals surface area (Å²) in [6, 6.07) is 2.74. The summed E-state index contributed by atoms with van der Waals surface area (Å²) in [6.07, 6.45) is -2.97. The van der Waals surface area contributed by atoms with E-state index in [4.69, 9.17) is 0 Å². The predicted molar refractivity (Wildman–Crippen MR) is 62.9 cm³/mol. The maximum atomic E-state index is 13.2. The van der Waals surface area contributed by atoms with E-state index in [0.29, 0.717) is 0 Å². The van der Waals surface area contributed by atoms with Gasteiger partial charge in [0.2, 0.25) is 0 Å². The standard InChI is InChI=1S/C14H16F4O/c1-8-3-2-4-10(8)13(19)9-5-6-12(15)11(7-9)14(16,17)18/h5-8,10,13,19H,2-4H2,1H3. The number of hydrogen-bond donors (Lipinski definition) is 1. The molecule has 1 aliphatic carbocycles. The fraction of sp³-hybridized carbons (Fsp3) is 0.571. The van der Waals surface area contributed by atoms with Crippen molar-refractivity contribution in [2.75, 3.05) is 0 Å². The van der Waals surface area contributed by atoms with E-state index < -0.39 is 23.7 Å². The van der Waals surface area contributed by atoms with Gasteiger partial charge in [-0.2, -0.15) is 13.2 Å². The Labute approximate surface area is 109 Å². The van der Waals surface area contributed by atoms with Gasteiger partial charge in [-0.1, -0.05) is 25.8 Å². The van der Waals surface area contributed by atoms with Crippen molar-refractivity contribution in [2.24, 2.45) is 11.8 Å². The molecular formula is C14H16F4O. The lowest BCUT2D eigenvalue weighted by Crippen LogP contribution is -2.17. The Morgan fingerprint density at radius 3 is 2.47 bits per heavy atom. The molecule has 0 aliphatic heterocycles. The number of aliphatic hydroxyl groups is 1. The van der Waals surface area contributed by atoms with Crippen LogP contribution in [-0.4, -0.2) is 5.11 Å². The Hall–Kier alpha value is -1.10. The lowest BCUT2D eigenvalue weighted by Gasteiger charge is -2.23. The predicted octanol–water partition coefficient (Wildman–Crippen LogP) is 4.31. The highest BCUT2D eigenvalue weighted by Crippen LogP contribution is 2.41. The van der Waals surface area contributed by atoms with Crippen molar-refractivity contribution in [3.63, 3.8) is 0 Å². The SMILES string of the molecule is CC1CCCC1C(O)c1ccc(F)c(C(F)(F)F)c1. The summed E-state index contributed by atoms with van der Waals surface area (Å²) in [7, 11) is 0. The molecule has 1 aromatic rings. The van der Waals surface area contributed by atoms with Crippen molar-refractivity contribution in [2.45, 2.75) is 38.5 Å². The van der Waals surface area contributed by atoms with Crippen molar-refractivity contribution in [3.05, 3.63) is 35.1 Å². The van der Waals surface area contributed by atoms with Crippen molar-refractivity contribution in [3.8, 4) is 0 Å². The fourth-order valence-electron chi connectivity index (χ4n) is 2.83. The van der Waals surface area contributed by atoms with Crippen LogP contribution in [0.15, 0.2) is 18.2 Å². The lowest BCUT2D eigenvalue weighted by molar-refractivity contribution is -0.140. The van der Waals surface area contributed by atoms with E-state index in [9.17, 15) is 22.7 Å².